The van der Waals surface area contributed by atoms with Crippen molar-refractivity contribution in [3.05, 3.63) is 57.6 Å². The fraction of sp³-hybridized carbons (Fsp3) is 0.605. The summed E-state index contributed by atoms with van der Waals surface area (Å²) in [6.07, 6.45) is 6.25. The monoisotopic (exact) mass is 604 g/mol. The van der Waals surface area contributed by atoms with Crippen molar-refractivity contribution in [2.45, 2.75) is 148 Å². The quantitative estimate of drug-likeness (QED) is 0.286. The van der Waals surface area contributed by atoms with E-state index < -0.39 is 17.6 Å². The minimum Gasteiger partial charge on any atom is -0.507 e. The lowest BCUT2D eigenvalue weighted by Crippen LogP contribution is -2.44. The molecule has 6 heteroatoms. The van der Waals surface area contributed by atoms with Gasteiger partial charge >= 0.3 is 5.97 Å². The number of carbonyl (C=O) groups is 1. The van der Waals surface area contributed by atoms with Gasteiger partial charge in [0.05, 0.1) is 18.0 Å². The van der Waals surface area contributed by atoms with Crippen molar-refractivity contribution in [1.82, 2.24) is 0 Å². The van der Waals surface area contributed by atoms with Crippen molar-refractivity contribution in [1.29, 1.82) is 0 Å². The summed E-state index contributed by atoms with van der Waals surface area (Å²) in [7, 11) is 0. The molecule has 0 radical (unpaired) electrons. The second-order valence-corrected chi connectivity index (χ2v) is 16.9. The zero-order valence-corrected chi connectivity index (χ0v) is 29.2. The van der Waals surface area contributed by atoms with Crippen molar-refractivity contribution < 1.29 is 20.1 Å². The third kappa shape index (κ3) is 8.11. The van der Waals surface area contributed by atoms with E-state index in [1.165, 1.54) is 0 Å². The smallest absolute Gasteiger partial charge is 0.305 e. The molecule has 6 nitrogen and oxygen atoms in total. The molecular formula is C38H56N2O4. The highest BCUT2D eigenvalue weighted by Gasteiger charge is 2.42. The lowest BCUT2D eigenvalue weighted by molar-refractivity contribution is -0.138. The minimum atomic E-state index is -0.975. The van der Waals surface area contributed by atoms with Crippen LogP contribution in [0.1, 0.15) is 149 Å². The average molecular weight is 605 g/mol. The van der Waals surface area contributed by atoms with Gasteiger partial charge in [-0.05, 0) is 57.8 Å². The van der Waals surface area contributed by atoms with Crippen molar-refractivity contribution in [2.24, 2.45) is 9.98 Å². The number of phenols is 2. The van der Waals surface area contributed by atoms with Gasteiger partial charge in [0.2, 0.25) is 0 Å². The van der Waals surface area contributed by atoms with Crippen molar-refractivity contribution in [3.8, 4) is 11.5 Å². The number of aromatic hydroxyl groups is 2. The van der Waals surface area contributed by atoms with Crippen molar-refractivity contribution >= 4 is 18.4 Å². The number of hydrogen-bond donors (Lipinski definition) is 3. The highest BCUT2D eigenvalue weighted by atomic mass is 16.4. The molecule has 3 N–H and O–H groups in total. The molecule has 1 aliphatic rings. The number of carboxylic acid groups (broad SMARTS) is 1. The first-order valence-electron chi connectivity index (χ1n) is 16.0. The summed E-state index contributed by atoms with van der Waals surface area (Å²) in [6, 6.07) is 7.71. The van der Waals surface area contributed by atoms with Crippen LogP contribution in [0.3, 0.4) is 0 Å². The van der Waals surface area contributed by atoms with Crippen LogP contribution < -0.4 is 0 Å². The molecule has 0 aromatic heterocycles. The fourth-order valence-corrected chi connectivity index (χ4v) is 5.97. The lowest BCUT2D eigenvalue weighted by Gasteiger charge is -2.38. The Balaban J connectivity index is 2.18. The number of rotatable bonds is 6. The van der Waals surface area contributed by atoms with Crippen LogP contribution in [0.4, 0.5) is 0 Å². The van der Waals surface area contributed by atoms with Gasteiger partial charge in [0, 0.05) is 34.7 Å². The predicted octanol–water partition coefficient (Wildman–Crippen LogP) is 8.98. The molecule has 1 unspecified atom stereocenters. The second kappa shape index (κ2) is 12.3. The maximum atomic E-state index is 12.3. The van der Waals surface area contributed by atoms with E-state index in [0.717, 1.165) is 35.1 Å². The molecule has 2 aromatic rings. The highest BCUT2D eigenvalue weighted by Crippen LogP contribution is 2.41. The van der Waals surface area contributed by atoms with E-state index >= 15 is 0 Å². The van der Waals surface area contributed by atoms with Gasteiger partial charge in [-0.2, -0.15) is 0 Å². The van der Waals surface area contributed by atoms with E-state index in [1.54, 1.807) is 12.4 Å². The van der Waals surface area contributed by atoms with Crippen LogP contribution in [0.25, 0.3) is 0 Å². The topological polar surface area (TPSA) is 102 Å². The van der Waals surface area contributed by atoms with Crippen LogP contribution in [0.15, 0.2) is 34.3 Å². The Kier molecular flexibility index (Phi) is 9.90. The number of benzene rings is 2. The summed E-state index contributed by atoms with van der Waals surface area (Å²) < 4.78 is 0. The number of carboxylic acids is 1. The van der Waals surface area contributed by atoms with Crippen molar-refractivity contribution in [2.75, 3.05) is 0 Å². The normalized spacial score (nSPS) is 20.5. The Morgan fingerprint density at radius 2 is 1.20 bits per heavy atom. The maximum absolute atomic E-state index is 12.3. The number of hydrogen-bond acceptors (Lipinski definition) is 5. The van der Waals surface area contributed by atoms with Gasteiger partial charge < -0.3 is 15.3 Å². The second-order valence-electron chi connectivity index (χ2n) is 16.9. The minimum absolute atomic E-state index is 0.131. The first-order valence-corrected chi connectivity index (χ1v) is 16.0. The average Bonchev–Trinajstić information content (AvgIpc) is 2.85. The van der Waals surface area contributed by atoms with E-state index in [2.05, 4.69) is 95.2 Å². The van der Waals surface area contributed by atoms with Crippen LogP contribution >= 0.6 is 0 Å². The number of aliphatic imine (C=N–C) groups is 2. The molecule has 3 rings (SSSR count). The molecule has 0 saturated heterocycles. The van der Waals surface area contributed by atoms with E-state index in [9.17, 15) is 20.1 Å². The van der Waals surface area contributed by atoms with Gasteiger partial charge in [-0.15, -0.1) is 0 Å². The van der Waals surface area contributed by atoms with Crippen LogP contribution in [-0.2, 0) is 26.5 Å². The number of nitrogens with zero attached hydrogens (tertiary/aromatic N) is 2. The lowest BCUT2D eigenvalue weighted by atomic mass is 9.75. The summed E-state index contributed by atoms with van der Waals surface area (Å²) in [5, 5.41) is 32.8. The molecule has 0 aliphatic heterocycles. The first kappa shape index (κ1) is 35.3. The molecule has 2 aromatic carbocycles. The molecule has 0 heterocycles. The van der Waals surface area contributed by atoms with Gasteiger partial charge in [0.1, 0.15) is 11.5 Å². The maximum Gasteiger partial charge on any atom is 0.305 e. The molecule has 1 saturated carbocycles. The Hall–Kier alpha value is -3.15. The first-order chi connectivity index (χ1) is 20.0. The van der Waals surface area contributed by atoms with E-state index in [0.29, 0.717) is 24.0 Å². The summed E-state index contributed by atoms with van der Waals surface area (Å²) in [5.41, 5.74) is 3.27. The van der Waals surface area contributed by atoms with E-state index in [-0.39, 0.29) is 39.6 Å². The van der Waals surface area contributed by atoms with Crippen LogP contribution in [-0.4, -0.2) is 45.3 Å². The molecule has 0 amide bonds. The molecular weight excluding hydrogens is 548 g/mol. The number of phenolic OH excluding ortho intramolecular Hbond substituents is 2. The van der Waals surface area contributed by atoms with E-state index in [4.69, 9.17) is 9.98 Å². The largest absolute Gasteiger partial charge is 0.507 e. The molecule has 0 bridgehead atoms. The van der Waals surface area contributed by atoms with Gasteiger partial charge in [0.15, 0.2) is 0 Å². The summed E-state index contributed by atoms with van der Waals surface area (Å²) in [4.78, 5) is 22.3. The number of aliphatic carboxylic acids is 1. The van der Waals surface area contributed by atoms with Crippen LogP contribution in [0, 0.1) is 0 Å². The van der Waals surface area contributed by atoms with Crippen LogP contribution in [0.2, 0.25) is 0 Å². The predicted molar refractivity (Wildman–Crippen MR) is 183 cm³/mol. The van der Waals surface area contributed by atoms with Gasteiger partial charge in [-0.3, -0.25) is 14.8 Å². The Labute approximate surface area is 265 Å². The standard InChI is InChI=1S/C38H56N2O4/c1-34(2,3)26-17-24(32(43)28(19-26)36(7,8)9)22-39-30-15-13-14-16-38(30,21-31(41)42)40-23-25-18-27(35(4,5)6)20-29(33(25)44)37(10,11)12/h17-20,22-23,30,43-44H,13-16,21H2,1-12H3,(H,41,42)/t30?,38-/m1/s1. The Morgan fingerprint density at radius 3 is 1.61 bits per heavy atom. The third-order valence-electron chi connectivity index (χ3n) is 8.90. The van der Waals surface area contributed by atoms with Crippen LogP contribution in [0.5, 0.6) is 11.5 Å². The summed E-state index contributed by atoms with van der Waals surface area (Å²) in [6.45, 7) is 25.3. The van der Waals surface area contributed by atoms with Gasteiger partial charge in [0.25, 0.3) is 0 Å². The SMILES string of the molecule is CC(C)(C)c1cc(C=NC2CCCC[C@]2(CC(=O)O)N=Cc2cc(C(C)(C)C)cc(C(C)(C)C)c2O)c(O)c(C(C)(C)C)c1. The molecule has 0 spiro atoms. The zero-order chi connectivity index (χ0) is 33.5. The highest BCUT2D eigenvalue weighted by molar-refractivity contribution is 5.87. The molecule has 1 aliphatic carbocycles. The summed E-state index contributed by atoms with van der Waals surface area (Å²) in [5.74, 6) is -0.551. The van der Waals surface area contributed by atoms with Crippen molar-refractivity contribution in [3.63, 3.8) is 0 Å². The molecule has 44 heavy (non-hydrogen) atoms. The molecule has 242 valence electrons. The van der Waals surface area contributed by atoms with E-state index in [1.807, 2.05) is 12.1 Å². The molecule has 2 atom stereocenters. The fourth-order valence-electron chi connectivity index (χ4n) is 5.97. The Bertz CT molecular complexity index is 1430. The third-order valence-corrected chi connectivity index (χ3v) is 8.90. The molecule has 1 fully saturated rings. The Morgan fingerprint density at radius 1 is 0.750 bits per heavy atom. The zero-order valence-electron chi connectivity index (χ0n) is 29.2. The van der Waals surface area contributed by atoms with Gasteiger partial charge in [-0.1, -0.05) is 108 Å². The van der Waals surface area contributed by atoms with Gasteiger partial charge in [-0.25, -0.2) is 0 Å². The summed E-state index contributed by atoms with van der Waals surface area (Å²) >= 11 is 0.